The summed E-state index contributed by atoms with van der Waals surface area (Å²) in [5.74, 6) is -0.911. The minimum absolute atomic E-state index is 0.316. The Bertz CT molecular complexity index is 817. The number of rotatable bonds is 6. The van der Waals surface area contributed by atoms with Crippen LogP contribution >= 0.6 is 11.6 Å². The number of nitrogens with zero attached hydrogens (tertiary/aromatic N) is 1. The van der Waals surface area contributed by atoms with E-state index >= 15 is 0 Å². The molecule has 0 fully saturated rings. The summed E-state index contributed by atoms with van der Waals surface area (Å²) in [4.78, 5) is 23.9. The van der Waals surface area contributed by atoms with E-state index in [0.29, 0.717) is 22.0 Å². The minimum Gasteiger partial charge on any atom is -0.480 e. The van der Waals surface area contributed by atoms with Crippen LogP contribution in [0.15, 0.2) is 48.5 Å². The zero-order valence-corrected chi connectivity index (χ0v) is 14.1. The maximum Gasteiger partial charge on any atom is 0.344 e. The van der Waals surface area contributed by atoms with Gasteiger partial charge in [0.2, 0.25) is 0 Å². The van der Waals surface area contributed by atoms with E-state index in [-0.39, 0.29) is 6.61 Å². The van der Waals surface area contributed by atoms with Crippen molar-refractivity contribution in [1.82, 2.24) is 0 Å². The van der Waals surface area contributed by atoms with Crippen LogP contribution < -0.4 is 10.1 Å². The van der Waals surface area contributed by atoms with Crippen LogP contribution in [0.5, 0.6) is 5.75 Å². The molecule has 1 unspecified atom stereocenters. The van der Waals surface area contributed by atoms with Crippen molar-refractivity contribution in [3.63, 3.8) is 0 Å². The Morgan fingerprint density at radius 3 is 2.60 bits per heavy atom. The van der Waals surface area contributed by atoms with Crippen molar-refractivity contribution in [3.05, 3.63) is 59.1 Å². The van der Waals surface area contributed by atoms with Gasteiger partial charge >= 0.3 is 5.97 Å². The number of amides is 1. The molecule has 0 saturated heterocycles. The van der Waals surface area contributed by atoms with Crippen molar-refractivity contribution in [3.8, 4) is 11.8 Å². The Hall–Kier alpha value is -3.04. The largest absolute Gasteiger partial charge is 0.480 e. The van der Waals surface area contributed by atoms with Crippen molar-refractivity contribution in [1.29, 1.82) is 5.26 Å². The fraction of sp³-hybridized carbons (Fsp3) is 0.167. The van der Waals surface area contributed by atoms with Crippen LogP contribution in [0.25, 0.3) is 0 Å². The van der Waals surface area contributed by atoms with E-state index in [2.05, 4.69) is 5.32 Å². The van der Waals surface area contributed by atoms with Crippen molar-refractivity contribution in [2.24, 2.45) is 0 Å². The zero-order valence-electron chi connectivity index (χ0n) is 13.4. The predicted octanol–water partition coefficient (Wildman–Crippen LogP) is 3.16. The van der Waals surface area contributed by atoms with Gasteiger partial charge in [0.1, 0.15) is 11.8 Å². The topological polar surface area (TPSA) is 88.4 Å². The Kier molecular flexibility index (Phi) is 6.38. The van der Waals surface area contributed by atoms with Gasteiger partial charge in [0.25, 0.3) is 5.91 Å². The van der Waals surface area contributed by atoms with Gasteiger partial charge in [0.05, 0.1) is 16.3 Å². The molecule has 2 aromatic carbocycles. The highest BCUT2D eigenvalue weighted by molar-refractivity contribution is 6.32. The van der Waals surface area contributed by atoms with Crippen LogP contribution in [-0.4, -0.2) is 24.6 Å². The number of hydrogen-bond donors (Lipinski definition) is 1. The van der Waals surface area contributed by atoms with Crippen LogP contribution in [0.4, 0.5) is 5.69 Å². The highest BCUT2D eigenvalue weighted by atomic mass is 35.5. The lowest BCUT2D eigenvalue weighted by atomic mass is 10.2. The standard InChI is InChI=1S/C18H15ClN2O4/c1-12(18(23)21-15-8-4-2-6-13(15)10-20)25-17(22)11-24-16-9-5-3-7-14(16)19/h2-9,12H,11H2,1H3,(H,21,23). The minimum atomic E-state index is -1.05. The second kappa shape index (κ2) is 8.71. The molecule has 0 aliphatic heterocycles. The number of nitrogens with one attached hydrogen (secondary N) is 1. The molecule has 1 amide bonds. The van der Waals surface area contributed by atoms with Crippen LogP contribution in [0.1, 0.15) is 12.5 Å². The molecule has 0 aliphatic carbocycles. The molecular weight excluding hydrogens is 344 g/mol. The van der Waals surface area contributed by atoms with E-state index in [1.807, 2.05) is 6.07 Å². The number of carbonyl (C=O) groups excluding carboxylic acids is 2. The summed E-state index contributed by atoms with van der Waals surface area (Å²) in [7, 11) is 0. The van der Waals surface area contributed by atoms with Gasteiger partial charge < -0.3 is 14.8 Å². The molecule has 1 N–H and O–H groups in total. The molecular formula is C18H15ClN2O4. The van der Waals surface area contributed by atoms with Gasteiger partial charge in [0, 0.05) is 0 Å². The van der Waals surface area contributed by atoms with Crippen LogP contribution in [0.2, 0.25) is 5.02 Å². The Labute approximate surface area is 149 Å². The number of hydrogen-bond acceptors (Lipinski definition) is 5. The van der Waals surface area contributed by atoms with E-state index in [1.54, 1.807) is 48.5 Å². The smallest absolute Gasteiger partial charge is 0.344 e. The van der Waals surface area contributed by atoms with Crippen LogP contribution in [0.3, 0.4) is 0 Å². The molecule has 0 heterocycles. The van der Waals surface area contributed by atoms with Gasteiger partial charge in [-0.1, -0.05) is 35.9 Å². The van der Waals surface area contributed by atoms with Gasteiger partial charge in [-0.05, 0) is 31.2 Å². The molecule has 0 saturated carbocycles. The van der Waals surface area contributed by atoms with Crippen molar-refractivity contribution >= 4 is 29.2 Å². The first kappa shape index (κ1) is 18.3. The molecule has 0 aromatic heterocycles. The lowest BCUT2D eigenvalue weighted by Gasteiger charge is -2.14. The van der Waals surface area contributed by atoms with Crippen molar-refractivity contribution < 1.29 is 19.1 Å². The quantitative estimate of drug-likeness (QED) is 0.801. The maximum absolute atomic E-state index is 12.1. The number of para-hydroxylation sites is 2. The summed E-state index contributed by atoms with van der Waals surface area (Å²) in [5, 5.41) is 11.9. The fourth-order valence-electron chi connectivity index (χ4n) is 1.91. The van der Waals surface area contributed by atoms with Crippen molar-refractivity contribution in [2.45, 2.75) is 13.0 Å². The monoisotopic (exact) mass is 358 g/mol. The summed E-state index contributed by atoms with van der Waals surface area (Å²) < 4.78 is 10.3. The van der Waals surface area contributed by atoms with Gasteiger partial charge in [-0.15, -0.1) is 0 Å². The molecule has 128 valence electrons. The summed E-state index contributed by atoms with van der Waals surface area (Å²) in [6.07, 6.45) is -1.05. The Morgan fingerprint density at radius 2 is 1.88 bits per heavy atom. The second-order valence-electron chi connectivity index (χ2n) is 5.00. The molecule has 25 heavy (non-hydrogen) atoms. The molecule has 0 bridgehead atoms. The molecule has 0 aliphatic rings. The maximum atomic E-state index is 12.1. The SMILES string of the molecule is CC(OC(=O)COc1ccccc1Cl)C(=O)Nc1ccccc1C#N. The number of benzene rings is 2. The first-order valence-electron chi connectivity index (χ1n) is 7.38. The lowest BCUT2D eigenvalue weighted by Crippen LogP contribution is -2.31. The molecule has 0 spiro atoms. The lowest BCUT2D eigenvalue weighted by molar-refractivity contribution is -0.155. The van der Waals surface area contributed by atoms with Gasteiger partial charge in [-0.25, -0.2) is 4.79 Å². The Balaban J connectivity index is 1.87. The number of nitriles is 1. The number of halogens is 1. The highest BCUT2D eigenvalue weighted by Crippen LogP contribution is 2.23. The summed E-state index contributed by atoms with van der Waals surface area (Å²) >= 11 is 5.92. The average molecular weight is 359 g/mol. The molecule has 2 aromatic rings. The third kappa shape index (κ3) is 5.23. The molecule has 6 nitrogen and oxygen atoms in total. The third-order valence-electron chi connectivity index (χ3n) is 3.17. The zero-order chi connectivity index (χ0) is 18.2. The van der Waals surface area contributed by atoms with Crippen LogP contribution in [0, 0.1) is 11.3 Å². The van der Waals surface area contributed by atoms with Gasteiger partial charge in [0.15, 0.2) is 12.7 Å². The van der Waals surface area contributed by atoms with E-state index in [1.165, 1.54) is 6.92 Å². The Morgan fingerprint density at radius 1 is 1.20 bits per heavy atom. The summed E-state index contributed by atoms with van der Waals surface area (Å²) in [6, 6.07) is 15.2. The van der Waals surface area contributed by atoms with Crippen molar-refractivity contribution in [2.75, 3.05) is 11.9 Å². The second-order valence-corrected chi connectivity index (χ2v) is 5.41. The molecule has 2 rings (SSSR count). The number of esters is 1. The number of ether oxygens (including phenoxy) is 2. The predicted molar refractivity (Wildman–Crippen MR) is 92.3 cm³/mol. The van der Waals surface area contributed by atoms with E-state index in [4.69, 9.17) is 26.3 Å². The fourth-order valence-corrected chi connectivity index (χ4v) is 2.10. The van der Waals surface area contributed by atoms with Gasteiger partial charge in [-0.3, -0.25) is 4.79 Å². The van der Waals surface area contributed by atoms with Crippen LogP contribution in [-0.2, 0) is 14.3 Å². The van der Waals surface area contributed by atoms with E-state index in [0.717, 1.165) is 0 Å². The number of anilines is 1. The van der Waals surface area contributed by atoms with Gasteiger partial charge in [-0.2, -0.15) is 5.26 Å². The highest BCUT2D eigenvalue weighted by Gasteiger charge is 2.19. The molecule has 0 radical (unpaired) electrons. The normalized spacial score (nSPS) is 11.1. The van der Waals surface area contributed by atoms with E-state index in [9.17, 15) is 9.59 Å². The summed E-state index contributed by atoms with van der Waals surface area (Å²) in [5.41, 5.74) is 0.668. The third-order valence-corrected chi connectivity index (χ3v) is 3.48. The summed E-state index contributed by atoms with van der Waals surface area (Å²) in [6.45, 7) is 1.05. The average Bonchev–Trinajstić information content (AvgIpc) is 2.61. The first-order chi connectivity index (χ1) is 12.0. The molecule has 1 atom stereocenters. The molecule has 7 heteroatoms. The van der Waals surface area contributed by atoms with E-state index < -0.39 is 18.0 Å². The first-order valence-corrected chi connectivity index (χ1v) is 7.76. The number of carbonyl (C=O) groups is 2.